The smallest absolute Gasteiger partial charge is 0.319 e. The third-order valence-electron chi connectivity index (χ3n) is 1.63. The number of hydrogen-bond acceptors (Lipinski definition) is 4. The lowest BCUT2D eigenvalue weighted by molar-refractivity contribution is -0.158. The Morgan fingerprint density at radius 2 is 1.92 bits per heavy atom. The molecule has 12 heavy (non-hydrogen) atoms. The number of aliphatic hydroxyl groups is 1. The first-order valence-electron chi connectivity index (χ1n) is 3.78. The summed E-state index contributed by atoms with van der Waals surface area (Å²) in [7, 11) is 0. The van der Waals surface area contributed by atoms with E-state index in [0.29, 0.717) is 0 Å². The number of ether oxygens (including phenoxy) is 1. The van der Waals surface area contributed by atoms with Crippen molar-refractivity contribution in [3.8, 4) is 0 Å². The minimum atomic E-state index is -1.23. The largest absolute Gasteiger partial charge is 0.465 e. The van der Waals surface area contributed by atoms with Crippen molar-refractivity contribution in [2.24, 2.45) is 5.41 Å². The van der Waals surface area contributed by atoms with E-state index in [-0.39, 0.29) is 6.61 Å². The summed E-state index contributed by atoms with van der Waals surface area (Å²) in [6, 6.07) is 0. The molecular formula is C8H14O4. The Hall–Kier alpha value is -0.900. The van der Waals surface area contributed by atoms with Gasteiger partial charge in [0.25, 0.3) is 0 Å². The molecule has 0 aromatic carbocycles. The molecule has 0 saturated heterocycles. The summed E-state index contributed by atoms with van der Waals surface area (Å²) < 4.78 is 4.66. The maximum atomic E-state index is 11.1. The highest BCUT2D eigenvalue weighted by Gasteiger charge is 2.36. The molecule has 0 amide bonds. The quantitative estimate of drug-likeness (QED) is 0.486. The Labute approximate surface area is 71.5 Å². The van der Waals surface area contributed by atoms with E-state index in [0.717, 1.165) is 0 Å². The normalized spacial score (nSPS) is 11.0. The summed E-state index contributed by atoms with van der Waals surface area (Å²) in [6.45, 7) is 4.14. The van der Waals surface area contributed by atoms with E-state index >= 15 is 0 Å². The molecule has 0 spiro atoms. The molecule has 0 radical (unpaired) electrons. The molecule has 4 heteroatoms. The molecule has 0 aromatic heterocycles. The predicted octanol–water partition coefficient (Wildman–Crippen LogP) is 0.137. The molecule has 0 rings (SSSR count). The summed E-state index contributed by atoms with van der Waals surface area (Å²) in [5, 5.41) is 8.53. The second-order valence-corrected chi connectivity index (χ2v) is 2.93. The van der Waals surface area contributed by atoms with Gasteiger partial charge in [-0.15, -0.1) is 0 Å². The first kappa shape index (κ1) is 11.1. The van der Waals surface area contributed by atoms with Gasteiger partial charge in [-0.25, -0.2) is 0 Å². The lowest BCUT2D eigenvalue weighted by Gasteiger charge is -2.19. The number of ketones is 1. The van der Waals surface area contributed by atoms with E-state index in [4.69, 9.17) is 5.11 Å². The molecule has 0 aromatic rings. The summed E-state index contributed by atoms with van der Waals surface area (Å²) in [4.78, 5) is 22.1. The van der Waals surface area contributed by atoms with Crippen LogP contribution in [0.15, 0.2) is 0 Å². The van der Waals surface area contributed by atoms with Crippen molar-refractivity contribution in [3.63, 3.8) is 0 Å². The molecule has 0 atom stereocenters. The topological polar surface area (TPSA) is 63.6 Å². The monoisotopic (exact) mass is 174 g/mol. The molecule has 70 valence electrons. The third kappa shape index (κ3) is 2.30. The minimum Gasteiger partial charge on any atom is -0.465 e. The average Bonchev–Trinajstić information content (AvgIpc) is 2.03. The predicted molar refractivity (Wildman–Crippen MR) is 42.5 cm³/mol. The van der Waals surface area contributed by atoms with Gasteiger partial charge in [-0.1, -0.05) is 0 Å². The van der Waals surface area contributed by atoms with Crippen molar-refractivity contribution < 1.29 is 19.4 Å². The van der Waals surface area contributed by atoms with Crippen molar-refractivity contribution in [2.45, 2.75) is 20.8 Å². The van der Waals surface area contributed by atoms with Crippen LogP contribution < -0.4 is 0 Å². The standard InChI is InChI=1S/C8H14O4/c1-4-12-7(11)8(2,3)6(10)5-9/h9H,4-5H2,1-3H3. The Morgan fingerprint density at radius 1 is 1.42 bits per heavy atom. The fourth-order valence-corrected chi connectivity index (χ4v) is 0.623. The summed E-state index contributed by atoms with van der Waals surface area (Å²) >= 11 is 0. The first-order valence-corrected chi connectivity index (χ1v) is 3.78. The number of rotatable bonds is 4. The van der Waals surface area contributed by atoms with Crippen LogP contribution in [0.2, 0.25) is 0 Å². The summed E-state index contributed by atoms with van der Waals surface area (Å²) in [5.74, 6) is -1.12. The Bertz CT molecular complexity index is 183. The second kappa shape index (κ2) is 4.21. The zero-order chi connectivity index (χ0) is 9.78. The zero-order valence-electron chi connectivity index (χ0n) is 7.59. The van der Waals surface area contributed by atoms with E-state index in [1.54, 1.807) is 6.92 Å². The van der Waals surface area contributed by atoms with E-state index in [9.17, 15) is 9.59 Å². The second-order valence-electron chi connectivity index (χ2n) is 2.93. The fraction of sp³-hybridized carbons (Fsp3) is 0.750. The van der Waals surface area contributed by atoms with Crippen LogP contribution >= 0.6 is 0 Å². The molecule has 4 nitrogen and oxygen atoms in total. The van der Waals surface area contributed by atoms with E-state index < -0.39 is 23.8 Å². The molecule has 0 aliphatic carbocycles. The van der Waals surface area contributed by atoms with Gasteiger partial charge in [-0.3, -0.25) is 9.59 Å². The zero-order valence-corrected chi connectivity index (χ0v) is 7.59. The number of aliphatic hydroxyl groups excluding tert-OH is 1. The Kier molecular flexibility index (Phi) is 3.89. The molecule has 0 fully saturated rings. The number of Topliss-reactive ketones (excluding diaryl/α,β-unsaturated/α-hetero) is 1. The number of carbonyl (C=O) groups is 2. The van der Waals surface area contributed by atoms with Gasteiger partial charge in [-0.05, 0) is 20.8 Å². The highest BCUT2D eigenvalue weighted by atomic mass is 16.5. The van der Waals surface area contributed by atoms with Crippen LogP contribution in [0.3, 0.4) is 0 Å². The van der Waals surface area contributed by atoms with Crippen LogP contribution in [0, 0.1) is 5.41 Å². The van der Waals surface area contributed by atoms with Gasteiger partial charge >= 0.3 is 5.97 Å². The van der Waals surface area contributed by atoms with Crippen molar-refractivity contribution in [1.82, 2.24) is 0 Å². The van der Waals surface area contributed by atoms with Crippen LogP contribution in [0.4, 0.5) is 0 Å². The van der Waals surface area contributed by atoms with Gasteiger partial charge in [0, 0.05) is 0 Å². The van der Waals surface area contributed by atoms with Gasteiger partial charge in [0.05, 0.1) is 6.61 Å². The van der Waals surface area contributed by atoms with Crippen molar-refractivity contribution in [2.75, 3.05) is 13.2 Å². The lowest BCUT2D eigenvalue weighted by atomic mass is 9.88. The van der Waals surface area contributed by atoms with Crippen LogP contribution in [0.25, 0.3) is 0 Å². The van der Waals surface area contributed by atoms with Gasteiger partial charge in [0.1, 0.15) is 12.0 Å². The maximum absolute atomic E-state index is 11.1. The van der Waals surface area contributed by atoms with Gasteiger partial charge < -0.3 is 9.84 Å². The van der Waals surface area contributed by atoms with Crippen LogP contribution in [-0.4, -0.2) is 30.1 Å². The van der Waals surface area contributed by atoms with E-state index in [2.05, 4.69) is 4.74 Å². The molecule has 1 N–H and O–H groups in total. The number of carbonyl (C=O) groups excluding carboxylic acids is 2. The van der Waals surface area contributed by atoms with Crippen LogP contribution in [0.1, 0.15) is 20.8 Å². The summed E-state index contributed by atoms with van der Waals surface area (Å²) in [6.07, 6.45) is 0. The first-order chi connectivity index (χ1) is 5.46. The van der Waals surface area contributed by atoms with Crippen molar-refractivity contribution >= 4 is 11.8 Å². The number of esters is 1. The number of hydrogen-bond donors (Lipinski definition) is 1. The molecule has 0 heterocycles. The third-order valence-corrected chi connectivity index (χ3v) is 1.63. The lowest BCUT2D eigenvalue weighted by Crippen LogP contribution is -2.36. The molecular weight excluding hydrogens is 160 g/mol. The van der Waals surface area contributed by atoms with E-state index in [1.165, 1.54) is 13.8 Å². The van der Waals surface area contributed by atoms with Crippen LogP contribution in [0.5, 0.6) is 0 Å². The van der Waals surface area contributed by atoms with Crippen LogP contribution in [-0.2, 0) is 14.3 Å². The highest BCUT2D eigenvalue weighted by Crippen LogP contribution is 2.18. The minimum absolute atomic E-state index is 0.237. The van der Waals surface area contributed by atoms with Crippen molar-refractivity contribution in [1.29, 1.82) is 0 Å². The molecule has 0 aliphatic heterocycles. The Balaban J connectivity index is 4.38. The van der Waals surface area contributed by atoms with E-state index in [1.807, 2.05) is 0 Å². The average molecular weight is 174 g/mol. The van der Waals surface area contributed by atoms with Gasteiger partial charge in [0.15, 0.2) is 5.78 Å². The fourth-order valence-electron chi connectivity index (χ4n) is 0.623. The van der Waals surface area contributed by atoms with Crippen molar-refractivity contribution in [3.05, 3.63) is 0 Å². The molecule has 0 unspecified atom stereocenters. The Morgan fingerprint density at radius 3 is 2.25 bits per heavy atom. The SMILES string of the molecule is CCOC(=O)C(C)(C)C(=O)CO. The maximum Gasteiger partial charge on any atom is 0.319 e. The molecule has 0 saturated carbocycles. The van der Waals surface area contributed by atoms with Gasteiger partial charge in [-0.2, -0.15) is 0 Å². The van der Waals surface area contributed by atoms with Gasteiger partial charge in [0.2, 0.25) is 0 Å². The highest BCUT2D eigenvalue weighted by molar-refractivity contribution is 6.03. The summed E-state index contributed by atoms with van der Waals surface area (Å²) in [5.41, 5.74) is -1.23. The molecule has 0 bridgehead atoms. The molecule has 0 aliphatic rings.